The number of methoxy groups -OCH3 is 2. The van der Waals surface area contributed by atoms with Crippen LogP contribution >= 0.6 is 11.3 Å². The molecule has 0 fully saturated rings. The van der Waals surface area contributed by atoms with E-state index in [1.54, 1.807) is 50.6 Å². The molecule has 2 N–H and O–H groups in total. The molecule has 1 aliphatic rings. The molecule has 158 valence electrons. The van der Waals surface area contributed by atoms with Crippen molar-refractivity contribution < 1.29 is 9.47 Å². The zero-order valence-corrected chi connectivity index (χ0v) is 18.1. The van der Waals surface area contributed by atoms with Crippen LogP contribution in [-0.2, 0) is 0 Å². The number of nitriles is 2. The topological polar surface area (TPSA) is 114 Å². The number of benzene rings is 2. The minimum Gasteiger partial charge on any atom is -0.497 e. The summed E-state index contributed by atoms with van der Waals surface area (Å²) in [5.41, 5.74) is 7.82. The highest BCUT2D eigenvalue weighted by Crippen LogP contribution is 2.36. The lowest BCUT2D eigenvalue weighted by Gasteiger charge is -2.22. The maximum Gasteiger partial charge on any atom is 0.274 e. The van der Waals surface area contributed by atoms with Crippen molar-refractivity contribution >= 4 is 28.8 Å². The van der Waals surface area contributed by atoms with Crippen molar-refractivity contribution in [2.45, 2.75) is 5.92 Å². The third kappa shape index (κ3) is 3.43. The van der Waals surface area contributed by atoms with Crippen molar-refractivity contribution in [1.29, 1.82) is 10.5 Å². The molecule has 2 aromatic carbocycles. The van der Waals surface area contributed by atoms with E-state index in [0.29, 0.717) is 26.3 Å². The number of hydrogen-bond donors (Lipinski definition) is 1. The van der Waals surface area contributed by atoms with Crippen LogP contribution in [0.15, 0.2) is 58.9 Å². The third-order valence-corrected chi connectivity index (χ3v) is 6.32. The second-order valence-electron chi connectivity index (χ2n) is 6.98. The van der Waals surface area contributed by atoms with Gasteiger partial charge < -0.3 is 15.2 Å². The van der Waals surface area contributed by atoms with Crippen LogP contribution < -0.4 is 30.0 Å². The fraction of sp³-hybridized carbons (Fsp3) is 0.125. The number of aromatic nitrogens is 1. The molecule has 0 bridgehead atoms. The summed E-state index contributed by atoms with van der Waals surface area (Å²) in [7, 11) is 3.11. The van der Waals surface area contributed by atoms with Crippen LogP contribution in [0.2, 0.25) is 0 Å². The summed E-state index contributed by atoms with van der Waals surface area (Å²) in [6.45, 7) is 0. The molecule has 1 atom stereocenters. The van der Waals surface area contributed by atoms with Gasteiger partial charge in [0.15, 0.2) is 0 Å². The van der Waals surface area contributed by atoms with E-state index < -0.39 is 5.92 Å². The van der Waals surface area contributed by atoms with E-state index in [0.717, 1.165) is 5.56 Å². The summed E-state index contributed by atoms with van der Waals surface area (Å²) in [4.78, 5) is 13.2. The Hall–Kier alpha value is -4.27. The van der Waals surface area contributed by atoms with E-state index in [1.807, 2.05) is 18.2 Å². The fourth-order valence-corrected chi connectivity index (χ4v) is 4.82. The Balaban J connectivity index is 2.02. The number of nitrogens with zero attached hydrogens (tertiary/aromatic N) is 3. The highest BCUT2D eigenvalue weighted by molar-refractivity contribution is 7.07. The first kappa shape index (κ1) is 21.0. The molecule has 7 nitrogen and oxygen atoms in total. The van der Waals surface area contributed by atoms with Crippen molar-refractivity contribution in [3.8, 4) is 23.6 Å². The van der Waals surface area contributed by atoms with Crippen molar-refractivity contribution in [1.82, 2.24) is 4.57 Å². The Kier molecular flexibility index (Phi) is 5.55. The SMILES string of the molecule is COc1cccc(C=c2sc3n(c2=O)C(N)=C(C#N)[C@H](c2cccc(OC)c2)C=3C#N)c1. The highest BCUT2D eigenvalue weighted by Gasteiger charge is 2.32. The van der Waals surface area contributed by atoms with Crippen molar-refractivity contribution in [3.63, 3.8) is 0 Å². The van der Waals surface area contributed by atoms with Crippen LogP contribution in [0.3, 0.4) is 0 Å². The predicted octanol–water partition coefficient (Wildman–Crippen LogP) is 1.88. The van der Waals surface area contributed by atoms with Gasteiger partial charge in [-0.25, -0.2) is 0 Å². The van der Waals surface area contributed by atoms with E-state index in [1.165, 1.54) is 15.9 Å². The fourth-order valence-electron chi connectivity index (χ4n) is 3.69. The van der Waals surface area contributed by atoms with E-state index in [2.05, 4.69) is 12.1 Å². The van der Waals surface area contributed by atoms with Crippen LogP contribution in [0.1, 0.15) is 17.0 Å². The first-order valence-corrected chi connectivity index (χ1v) is 10.4. The first-order chi connectivity index (χ1) is 15.5. The van der Waals surface area contributed by atoms with Gasteiger partial charge in [-0.1, -0.05) is 24.3 Å². The Morgan fingerprint density at radius 1 is 1.03 bits per heavy atom. The van der Waals surface area contributed by atoms with Crippen LogP contribution in [0.5, 0.6) is 11.5 Å². The minimum absolute atomic E-state index is 0.0286. The Labute approximate surface area is 187 Å². The van der Waals surface area contributed by atoms with Crippen LogP contribution in [0.25, 0.3) is 17.5 Å². The maximum absolute atomic E-state index is 13.2. The largest absolute Gasteiger partial charge is 0.497 e. The monoisotopic (exact) mass is 442 g/mol. The number of fused-ring (bicyclic) bond motifs is 1. The van der Waals surface area contributed by atoms with Crippen LogP contribution in [0.4, 0.5) is 0 Å². The molecular formula is C24H18N4O3S. The molecule has 1 aliphatic heterocycles. The third-order valence-electron chi connectivity index (χ3n) is 5.21. The molecule has 0 aliphatic carbocycles. The summed E-state index contributed by atoms with van der Waals surface area (Å²) in [5.74, 6) is 0.592. The second kappa shape index (κ2) is 8.46. The number of hydrogen-bond acceptors (Lipinski definition) is 7. The molecule has 0 radical (unpaired) electrons. The second-order valence-corrected chi connectivity index (χ2v) is 8.01. The van der Waals surface area contributed by atoms with E-state index in [9.17, 15) is 15.3 Å². The first-order valence-electron chi connectivity index (χ1n) is 9.58. The summed E-state index contributed by atoms with van der Waals surface area (Å²) < 4.78 is 12.6. The van der Waals surface area contributed by atoms with Gasteiger partial charge >= 0.3 is 0 Å². The Bertz CT molecular complexity index is 1520. The Morgan fingerprint density at radius 3 is 2.34 bits per heavy atom. The molecule has 0 saturated heterocycles. The van der Waals surface area contributed by atoms with Gasteiger partial charge in [-0.2, -0.15) is 10.5 Å². The average molecular weight is 443 g/mol. The maximum atomic E-state index is 13.2. The van der Waals surface area contributed by atoms with Gasteiger partial charge in [0.25, 0.3) is 5.56 Å². The van der Waals surface area contributed by atoms with E-state index in [4.69, 9.17) is 15.2 Å². The molecule has 3 aromatic rings. The molecule has 8 heteroatoms. The van der Waals surface area contributed by atoms with Gasteiger partial charge in [-0.3, -0.25) is 9.36 Å². The zero-order chi connectivity index (χ0) is 22.8. The summed E-state index contributed by atoms with van der Waals surface area (Å²) >= 11 is 1.17. The molecule has 0 spiro atoms. The van der Waals surface area contributed by atoms with Crippen molar-refractivity contribution in [3.05, 3.63) is 84.8 Å². The molecule has 32 heavy (non-hydrogen) atoms. The standard InChI is InChI=1S/C24H18N4O3S/c1-30-16-7-3-5-14(9-16)10-20-23(29)28-22(27)18(12-25)21(19(13-26)24(28)32-20)15-6-4-8-17(11-15)31-2/h3-11,21H,27H2,1-2H3/t21-/m0/s1. The normalized spacial score (nSPS) is 15.7. The summed E-state index contributed by atoms with van der Waals surface area (Å²) in [5, 5.41) is 19.9. The van der Waals surface area contributed by atoms with Crippen molar-refractivity contribution in [2.75, 3.05) is 14.2 Å². The average Bonchev–Trinajstić information content (AvgIpc) is 3.15. The molecule has 0 unspecified atom stereocenters. The number of ether oxygens (including phenoxy) is 2. The molecule has 4 rings (SSSR count). The van der Waals surface area contributed by atoms with Gasteiger partial charge in [0, 0.05) is 0 Å². The highest BCUT2D eigenvalue weighted by atomic mass is 32.1. The number of rotatable bonds is 4. The summed E-state index contributed by atoms with van der Waals surface area (Å²) in [6, 6.07) is 18.7. The van der Waals surface area contributed by atoms with Crippen molar-refractivity contribution in [2.24, 2.45) is 5.73 Å². The number of nitrogens with two attached hydrogens (primary N) is 1. The van der Waals surface area contributed by atoms with Gasteiger partial charge in [-0.15, -0.1) is 11.3 Å². The Morgan fingerprint density at radius 2 is 1.69 bits per heavy atom. The zero-order valence-electron chi connectivity index (χ0n) is 17.3. The number of allylic oxidation sites excluding steroid dienone is 1. The predicted molar refractivity (Wildman–Crippen MR) is 122 cm³/mol. The molecule has 2 heterocycles. The molecular weight excluding hydrogens is 424 g/mol. The van der Waals surface area contributed by atoms with E-state index in [-0.39, 0.29) is 22.5 Å². The van der Waals surface area contributed by atoms with E-state index >= 15 is 0 Å². The molecule has 0 amide bonds. The molecule has 0 saturated carbocycles. The quantitative estimate of drug-likeness (QED) is 0.660. The van der Waals surface area contributed by atoms with Crippen LogP contribution in [0, 0.1) is 22.7 Å². The lowest BCUT2D eigenvalue weighted by atomic mass is 9.84. The minimum atomic E-state index is -0.692. The van der Waals surface area contributed by atoms with Gasteiger partial charge in [0.1, 0.15) is 22.0 Å². The van der Waals surface area contributed by atoms with Gasteiger partial charge in [0.05, 0.1) is 48.0 Å². The number of thiazole rings is 1. The van der Waals surface area contributed by atoms with Crippen LogP contribution in [-0.4, -0.2) is 18.8 Å². The molecule has 1 aromatic heterocycles. The smallest absolute Gasteiger partial charge is 0.274 e. The van der Waals surface area contributed by atoms with Gasteiger partial charge in [0.2, 0.25) is 0 Å². The van der Waals surface area contributed by atoms with Gasteiger partial charge in [-0.05, 0) is 41.5 Å². The summed E-state index contributed by atoms with van der Waals surface area (Å²) in [6.07, 6.45) is 1.72. The lowest BCUT2D eigenvalue weighted by Crippen LogP contribution is -2.38. The lowest BCUT2D eigenvalue weighted by molar-refractivity contribution is 0.414.